The third kappa shape index (κ3) is 4.14. The fraction of sp³-hybridized carbons (Fsp3) is 0.0638. The van der Waals surface area contributed by atoms with Crippen molar-refractivity contribution in [3.8, 4) is 22.3 Å². The van der Waals surface area contributed by atoms with Gasteiger partial charge < -0.3 is 9.32 Å². The quantitative estimate of drug-likeness (QED) is 0.193. The number of para-hydroxylation sites is 1. The molecule has 0 fully saturated rings. The van der Waals surface area contributed by atoms with Gasteiger partial charge in [0.1, 0.15) is 5.58 Å². The van der Waals surface area contributed by atoms with Crippen molar-refractivity contribution >= 4 is 60.5 Å². The summed E-state index contributed by atoms with van der Waals surface area (Å²) in [5.74, 6) is 0. The molecule has 0 saturated heterocycles. The molecule has 9 aromatic rings. The Morgan fingerprint density at radius 3 is 1.96 bits per heavy atom. The maximum Gasteiger partial charge on any atom is 0.159 e. The number of rotatable bonds is 4. The largest absolute Gasteiger partial charge is 0.454 e. The van der Waals surface area contributed by atoms with Crippen molar-refractivity contribution in [2.24, 2.45) is 0 Å². The van der Waals surface area contributed by atoms with Crippen LogP contribution in [0.3, 0.4) is 0 Å². The summed E-state index contributed by atoms with van der Waals surface area (Å²) >= 11 is 0. The second-order valence-electron chi connectivity index (χ2n) is 13.7. The average Bonchev–Trinajstić information content (AvgIpc) is 3.65. The molecule has 0 atom stereocenters. The van der Waals surface area contributed by atoms with E-state index in [-0.39, 0.29) is 5.41 Å². The molecule has 0 saturated carbocycles. The van der Waals surface area contributed by atoms with Gasteiger partial charge in [0.05, 0.1) is 5.69 Å². The van der Waals surface area contributed by atoms with Crippen molar-refractivity contribution in [1.82, 2.24) is 0 Å². The third-order valence-electron chi connectivity index (χ3n) is 10.7. The number of hydrogen-bond acceptors (Lipinski definition) is 2. The van der Waals surface area contributed by atoms with Crippen molar-refractivity contribution in [2.45, 2.75) is 19.3 Å². The first-order valence-corrected chi connectivity index (χ1v) is 17.0. The summed E-state index contributed by atoms with van der Waals surface area (Å²) in [6.45, 7) is 4.69. The van der Waals surface area contributed by atoms with E-state index in [2.05, 4.69) is 183 Å². The summed E-state index contributed by atoms with van der Waals surface area (Å²) in [4.78, 5) is 2.37. The van der Waals surface area contributed by atoms with E-state index in [1.54, 1.807) is 0 Å². The van der Waals surface area contributed by atoms with Gasteiger partial charge in [-0.3, -0.25) is 0 Å². The molecule has 1 aliphatic rings. The molecule has 1 heterocycles. The third-order valence-corrected chi connectivity index (χ3v) is 10.7. The summed E-state index contributed by atoms with van der Waals surface area (Å²) in [6.07, 6.45) is 0. The van der Waals surface area contributed by atoms with E-state index in [1.807, 2.05) is 0 Å². The van der Waals surface area contributed by atoms with Crippen LogP contribution in [-0.2, 0) is 5.41 Å². The van der Waals surface area contributed by atoms with Gasteiger partial charge in [-0.2, -0.15) is 0 Å². The van der Waals surface area contributed by atoms with Crippen LogP contribution in [0.2, 0.25) is 0 Å². The van der Waals surface area contributed by atoms with Crippen molar-refractivity contribution in [3.63, 3.8) is 0 Å². The highest BCUT2D eigenvalue weighted by Gasteiger charge is 2.36. The van der Waals surface area contributed by atoms with E-state index in [9.17, 15) is 0 Å². The normalized spacial score (nSPS) is 13.3. The van der Waals surface area contributed by atoms with E-state index in [4.69, 9.17) is 4.42 Å². The highest BCUT2D eigenvalue weighted by Crippen LogP contribution is 2.51. The predicted octanol–water partition coefficient (Wildman–Crippen LogP) is 13.3. The van der Waals surface area contributed by atoms with E-state index in [0.29, 0.717) is 0 Å². The highest BCUT2D eigenvalue weighted by molar-refractivity contribution is 6.21. The van der Waals surface area contributed by atoms with Gasteiger partial charge in [0.25, 0.3) is 0 Å². The first-order valence-electron chi connectivity index (χ1n) is 17.0. The lowest BCUT2D eigenvalue weighted by atomic mass is 9.82. The molecule has 8 aromatic carbocycles. The zero-order chi connectivity index (χ0) is 32.7. The van der Waals surface area contributed by atoms with Gasteiger partial charge in [-0.05, 0) is 91.3 Å². The molecule has 49 heavy (non-hydrogen) atoms. The van der Waals surface area contributed by atoms with E-state index >= 15 is 0 Å². The predicted molar refractivity (Wildman–Crippen MR) is 206 cm³/mol. The van der Waals surface area contributed by atoms with Crippen LogP contribution in [0.1, 0.15) is 25.0 Å². The minimum absolute atomic E-state index is 0.115. The molecular formula is C47H33NO. The minimum Gasteiger partial charge on any atom is -0.454 e. The van der Waals surface area contributed by atoms with Crippen LogP contribution in [-0.4, -0.2) is 0 Å². The molecule has 0 spiro atoms. The fourth-order valence-corrected chi connectivity index (χ4v) is 8.26. The van der Waals surface area contributed by atoms with Gasteiger partial charge in [-0.1, -0.05) is 141 Å². The standard InChI is InChI=1S/C47H33NO/c1-47(2)41-19-8-7-16-38(41)39-27-26-34(29-42(39)47)48(33-24-21-32(22-25-33)36-17-9-13-30-11-3-5-14-35(30)36)43-20-10-18-40-45-37-15-6-4-12-31(37)23-28-44(45)49-46(40)43/h3-29H,1-2H3. The smallest absolute Gasteiger partial charge is 0.159 e. The van der Waals surface area contributed by atoms with Crippen LogP contribution in [0, 0.1) is 0 Å². The van der Waals surface area contributed by atoms with Gasteiger partial charge in [0.2, 0.25) is 0 Å². The second kappa shape index (κ2) is 10.4. The Morgan fingerprint density at radius 1 is 0.469 bits per heavy atom. The summed E-state index contributed by atoms with van der Waals surface area (Å²) in [5.41, 5.74) is 12.7. The zero-order valence-corrected chi connectivity index (χ0v) is 27.4. The Hall–Kier alpha value is -6.12. The van der Waals surface area contributed by atoms with E-state index in [0.717, 1.165) is 39.0 Å². The molecule has 2 nitrogen and oxygen atoms in total. The topological polar surface area (TPSA) is 16.4 Å². The maximum atomic E-state index is 6.80. The molecule has 0 N–H and O–H groups in total. The van der Waals surface area contributed by atoms with Gasteiger partial charge in [-0.15, -0.1) is 0 Å². The number of fused-ring (bicyclic) bond motifs is 9. The molecule has 1 aliphatic carbocycles. The van der Waals surface area contributed by atoms with Crippen molar-refractivity contribution in [1.29, 1.82) is 0 Å². The lowest BCUT2D eigenvalue weighted by Crippen LogP contribution is -2.16. The molecule has 10 rings (SSSR count). The minimum atomic E-state index is -0.115. The summed E-state index contributed by atoms with van der Waals surface area (Å²) in [7, 11) is 0. The lowest BCUT2D eigenvalue weighted by Gasteiger charge is -2.28. The zero-order valence-electron chi connectivity index (χ0n) is 27.4. The molecule has 0 amide bonds. The lowest BCUT2D eigenvalue weighted by molar-refractivity contribution is 0.660. The summed E-state index contributed by atoms with van der Waals surface area (Å²) < 4.78 is 6.80. The SMILES string of the molecule is CC1(C)c2ccccc2-c2ccc(N(c3ccc(-c4cccc5ccccc45)cc3)c3cccc4c3oc3ccc5ccccc5c34)cc21. The molecule has 232 valence electrons. The number of furan rings is 1. The second-order valence-corrected chi connectivity index (χ2v) is 13.7. The Morgan fingerprint density at radius 2 is 1.10 bits per heavy atom. The number of benzene rings is 8. The average molecular weight is 628 g/mol. The fourth-order valence-electron chi connectivity index (χ4n) is 8.26. The Kier molecular flexibility index (Phi) is 5.95. The van der Waals surface area contributed by atoms with Crippen LogP contribution >= 0.6 is 0 Å². The van der Waals surface area contributed by atoms with Crippen molar-refractivity contribution < 1.29 is 4.42 Å². The molecule has 0 bridgehead atoms. The van der Waals surface area contributed by atoms with Gasteiger partial charge in [-0.25, -0.2) is 0 Å². The summed E-state index contributed by atoms with van der Waals surface area (Å²) in [5, 5.41) is 7.21. The van der Waals surface area contributed by atoms with Crippen LogP contribution < -0.4 is 4.90 Å². The van der Waals surface area contributed by atoms with Crippen LogP contribution in [0.25, 0.3) is 65.7 Å². The number of anilines is 3. The summed E-state index contributed by atoms with van der Waals surface area (Å²) in [6, 6.07) is 59.4. The Bertz CT molecular complexity index is 2740. The molecular weight excluding hydrogens is 595 g/mol. The van der Waals surface area contributed by atoms with Crippen molar-refractivity contribution in [2.75, 3.05) is 4.90 Å². The Balaban J connectivity index is 1.20. The molecule has 0 unspecified atom stereocenters. The number of hydrogen-bond donors (Lipinski definition) is 0. The van der Waals surface area contributed by atoms with Crippen LogP contribution in [0.15, 0.2) is 168 Å². The van der Waals surface area contributed by atoms with Gasteiger partial charge >= 0.3 is 0 Å². The van der Waals surface area contributed by atoms with Crippen LogP contribution in [0.4, 0.5) is 17.1 Å². The molecule has 2 heteroatoms. The first-order chi connectivity index (χ1) is 24.1. The monoisotopic (exact) mass is 627 g/mol. The van der Waals surface area contributed by atoms with Gasteiger partial charge in [0.15, 0.2) is 5.58 Å². The highest BCUT2D eigenvalue weighted by atomic mass is 16.3. The van der Waals surface area contributed by atoms with E-state index < -0.39 is 0 Å². The maximum absolute atomic E-state index is 6.80. The first kappa shape index (κ1) is 27.9. The van der Waals surface area contributed by atoms with Gasteiger partial charge in [0, 0.05) is 27.6 Å². The number of nitrogens with zero attached hydrogens (tertiary/aromatic N) is 1. The molecule has 0 radical (unpaired) electrons. The van der Waals surface area contributed by atoms with Crippen LogP contribution in [0.5, 0.6) is 0 Å². The van der Waals surface area contributed by atoms with E-state index in [1.165, 1.54) is 54.9 Å². The molecule has 1 aromatic heterocycles. The Labute approximate surface area is 285 Å². The molecule has 0 aliphatic heterocycles. The van der Waals surface area contributed by atoms with Crippen molar-refractivity contribution in [3.05, 3.63) is 175 Å².